The topological polar surface area (TPSA) is 9.23 Å². The van der Waals surface area contributed by atoms with Crippen LogP contribution in [0.1, 0.15) is 26.3 Å². The maximum Gasteiger partial charge on any atom is 0.120 e. The molecule has 0 amide bonds. The molecule has 0 aliphatic rings. The number of hydrogen-bond donors (Lipinski definition) is 0. The smallest absolute Gasteiger partial charge is 0.120 e. The molecule has 0 aliphatic heterocycles. The Morgan fingerprint density at radius 2 is 1.93 bits per heavy atom. The third-order valence-electron chi connectivity index (χ3n) is 1.98. The number of halogens is 1. The van der Waals surface area contributed by atoms with Gasteiger partial charge in [0.2, 0.25) is 0 Å². The molecule has 0 aliphatic carbocycles. The minimum absolute atomic E-state index is 0.262. The molecule has 1 nitrogen and oxygen atoms in total. The third kappa shape index (κ3) is 3.22. The highest BCUT2D eigenvalue weighted by Crippen LogP contribution is 2.28. The molecule has 0 heterocycles. The van der Waals surface area contributed by atoms with Gasteiger partial charge in [0.1, 0.15) is 5.75 Å². The monoisotopic (exact) mass is 212 g/mol. The van der Waals surface area contributed by atoms with E-state index in [4.69, 9.17) is 16.3 Å². The molecule has 2 heteroatoms. The molecule has 1 aromatic rings. The van der Waals surface area contributed by atoms with E-state index in [1.54, 1.807) is 7.11 Å². The van der Waals surface area contributed by atoms with E-state index in [2.05, 4.69) is 20.8 Å². The highest BCUT2D eigenvalue weighted by atomic mass is 35.5. The van der Waals surface area contributed by atoms with Crippen LogP contribution in [0, 0.1) is 5.41 Å². The summed E-state index contributed by atoms with van der Waals surface area (Å²) in [6, 6.07) is 5.85. The summed E-state index contributed by atoms with van der Waals surface area (Å²) < 4.78 is 5.10. The summed E-state index contributed by atoms with van der Waals surface area (Å²) in [5, 5.41) is 0.791. The standard InChI is InChI=1S/C12H17ClO/c1-12(2,3)8-9-5-6-10(14-4)7-11(9)13/h5-7H,8H2,1-4H3. The highest BCUT2D eigenvalue weighted by molar-refractivity contribution is 6.31. The van der Waals surface area contributed by atoms with E-state index in [9.17, 15) is 0 Å². The van der Waals surface area contributed by atoms with Gasteiger partial charge in [-0.15, -0.1) is 0 Å². The van der Waals surface area contributed by atoms with Crippen LogP contribution in [0.25, 0.3) is 0 Å². The van der Waals surface area contributed by atoms with E-state index >= 15 is 0 Å². The summed E-state index contributed by atoms with van der Waals surface area (Å²) >= 11 is 6.13. The summed E-state index contributed by atoms with van der Waals surface area (Å²) in [7, 11) is 1.65. The number of benzene rings is 1. The molecule has 0 bridgehead atoms. The van der Waals surface area contributed by atoms with Gasteiger partial charge in [0.25, 0.3) is 0 Å². The van der Waals surface area contributed by atoms with Crippen molar-refractivity contribution in [1.82, 2.24) is 0 Å². The fraction of sp³-hybridized carbons (Fsp3) is 0.500. The zero-order valence-corrected chi connectivity index (χ0v) is 9.98. The van der Waals surface area contributed by atoms with Crippen LogP contribution in [0.5, 0.6) is 5.75 Å². The maximum absolute atomic E-state index is 6.13. The molecule has 14 heavy (non-hydrogen) atoms. The molecular weight excluding hydrogens is 196 g/mol. The summed E-state index contributed by atoms with van der Waals surface area (Å²) in [6.45, 7) is 6.61. The average Bonchev–Trinajstić information content (AvgIpc) is 2.06. The minimum atomic E-state index is 0.262. The highest BCUT2D eigenvalue weighted by Gasteiger charge is 2.13. The molecule has 0 unspecified atom stereocenters. The predicted molar refractivity (Wildman–Crippen MR) is 61.2 cm³/mol. The van der Waals surface area contributed by atoms with Gasteiger partial charge < -0.3 is 4.74 Å². The lowest BCUT2D eigenvalue weighted by Gasteiger charge is -2.19. The van der Waals surface area contributed by atoms with Crippen LogP contribution in [-0.4, -0.2) is 7.11 Å². The molecule has 0 fully saturated rings. The van der Waals surface area contributed by atoms with Gasteiger partial charge >= 0.3 is 0 Å². The van der Waals surface area contributed by atoms with Gasteiger partial charge in [0, 0.05) is 5.02 Å². The maximum atomic E-state index is 6.13. The molecule has 0 saturated heterocycles. The van der Waals surface area contributed by atoms with Gasteiger partial charge in [-0.2, -0.15) is 0 Å². The second-order valence-corrected chi connectivity index (χ2v) is 5.10. The van der Waals surface area contributed by atoms with Crippen molar-refractivity contribution in [1.29, 1.82) is 0 Å². The minimum Gasteiger partial charge on any atom is -0.497 e. The molecule has 1 aromatic carbocycles. The number of ether oxygens (including phenoxy) is 1. The molecular formula is C12H17ClO. The Kier molecular flexibility index (Phi) is 3.43. The first-order valence-electron chi connectivity index (χ1n) is 4.75. The lowest BCUT2D eigenvalue weighted by atomic mass is 9.88. The SMILES string of the molecule is COc1ccc(CC(C)(C)C)c(Cl)c1. The van der Waals surface area contributed by atoms with Crippen molar-refractivity contribution in [3.05, 3.63) is 28.8 Å². The summed E-state index contributed by atoms with van der Waals surface area (Å²) in [4.78, 5) is 0. The van der Waals surface area contributed by atoms with Gasteiger partial charge in [0.05, 0.1) is 7.11 Å². The average molecular weight is 213 g/mol. The molecule has 0 atom stereocenters. The Morgan fingerprint density at radius 1 is 1.29 bits per heavy atom. The van der Waals surface area contributed by atoms with E-state index < -0.39 is 0 Å². The Hall–Kier alpha value is -0.690. The Bertz CT molecular complexity index is 313. The van der Waals surface area contributed by atoms with Gasteiger partial charge in [0.15, 0.2) is 0 Å². The fourth-order valence-corrected chi connectivity index (χ4v) is 1.61. The van der Waals surface area contributed by atoms with E-state index in [0.29, 0.717) is 0 Å². The summed E-state index contributed by atoms with van der Waals surface area (Å²) in [6.07, 6.45) is 0.982. The quantitative estimate of drug-likeness (QED) is 0.722. The Morgan fingerprint density at radius 3 is 2.36 bits per heavy atom. The van der Waals surface area contributed by atoms with Crippen molar-refractivity contribution in [3.8, 4) is 5.75 Å². The zero-order valence-electron chi connectivity index (χ0n) is 9.23. The van der Waals surface area contributed by atoms with Crippen molar-refractivity contribution in [2.75, 3.05) is 7.11 Å². The summed E-state index contributed by atoms with van der Waals surface area (Å²) in [5.41, 5.74) is 1.44. The van der Waals surface area contributed by atoms with Crippen LogP contribution in [0.4, 0.5) is 0 Å². The first kappa shape index (κ1) is 11.4. The van der Waals surface area contributed by atoms with Crippen LogP contribution in [0.3, 0.4) is 0 Å². The van der Waals surface area contributed by atoms with Crippen molar-refractivity contribution in [2.24, 2.45) is 5.41 Å². The molecule has 0 spiro atoms. The van der Waals surface area contributed by atoms with Crippen LogP contribution in [0.2, 0.25) is 5.02 Å². The largest absolute Gasteiger partial charge is 0.497 e. The molecule has 0 N–H and O–H groups in total. The second-order valence-electron chi connectivity index (χ2n) is 4.69. The Labute approximate surface area is 91.0 Å². The van der Waals surface area contributed by atoms with Crippen LogP contribution in [0.15, 0.2) is 18.2 Å². The lowest BCUT2D eigenvalue weighted by molar-refractivity contribution is 0.406. The lowest BCUT2D eigenvalue weighted by Crippen LogP contribution is -2.09. The first-order chi connectivity index (χ1) is 6.42. The van der Waals surface area contributed by atoms with E-state index in [-0.39, 0.29) is 5.41 Å². The van der Waals surface area contributed by atoms with Crippen LogP contribution >= 0.6 is 11.6 Å². The van der Waals surface area contributed by atoms with Gasteiger partial charge in [-0.1, -0.05) is 38.4 Å². The second kappa shape index (κ2) is 4.22. The van der Waals surface area contributed by atoms with Gasteiger partial charge in [-0.3, -0.25) is 0 Å². The van der Waals surface area contributed by atoms with Gasteiger partial charge in [-0.25, -0.2) is 0 Å². The molecule has 0 radical (unpaired) electrons. The van der Waals surface area contributed by atoms with Crippen molar-refractivity contribution >= 4 is 11.6 Å². The molecule has 0 saturated carbocycles. The van der Waals surface area contributed by atoms with Gasteiger partial charge in [-0.05, 0) is 29.5 Å². The molecule has 0 aromatic heterocycles. The predicted octanol–water partition coefficient (Wildman–Crippen LogP) is 3.94. The number of hydrogen-bond acceptors (Lipinski definition) is 1. The van der Waals surface area contributed by atoms with Crippen LogP contribution in [-0.2, 0) is 6.42 Å². The normalized spacial score (nSPS) is 11.5. The van der Waals surface area contributed by atoms with Crippen molar-refractivity contribution in [2.45, 2.75) is 27.2 Å². The zero-order chi connectivity index (χ0) is 10.8. The number of methoxy groups -OCH3 is 1. The molecule has 78 valence electrons. The van der Waals surface area contributed by atoms with E-state index in [1.165, 1.54) is 5.56 Å². The van der Waals surface area contributed by atoms with E-state index in [0.717, 1.165) is 17.2 Å². The van der Waals surface area contributed by atoms with E-state index in [1.807, 2.05) is 18.2 Å². The summed E-state index contributed by atoms with van der Waals surface area (Å²) in [5.74, 6) is 0.813. The van der Waals surface area contributed by atoms with Crippen molar-refractivity contribution in [3.63, 3.8) is 0 Å². The van der Waals surface area contributed by atoms with Crippen LogP contribution < -0.4 is 4.74 Å². The first-order valence-corrected chi connectivity index (χ1v) is 5.12. The number of rotatable bonds is 2. The Balaban J connectivity index is 2.89. The van der Waals surface area contributed by atoms with Crippen molar-refractivity contribution < 1.29 is 4.74 Å². The molecule has 1 rings (SSSR count). The third-order valence-corrected chi connectivity index (χ3v) is 2.33. The fourth-order valence-electron chi connectivity index (χ4n) is 1.37.